The van der Waals surface area contributed by atoms with E-state index in [4.69, 9.17) is 0 Å². The molecule has 39 heavy (non-hydrogen) atoms. The van der Waals surface area contributed by atoms with Crippen molar-refractivity contribution >= 4 is 17.8 Å². The highest BCUT2D eigenvalue weighted by Crippen LogP contribution is 1.97. The molecule has 0 aliphatic heterocycles. The topological polar surface area (TPSA) is 96.5 Å². The summed E-state index contributed by atoms with van der Waals surface area (Å²) in [5.74, 6) is -0.855. The molecule has 0 spiro atoms. The van der Waals surface area contributed by atoms with E-state index in [1.807, 2.05) is 6.08 Å². The standard InChI is InChI=1S/C32H49N3O4/c1-3-4-5-6-7-8-9-10-11-12-13-14-15-16-17-18-19-20-21-23-30(36)35-29-28-33-26-22-27-34-31(37)24-25-32(38)39-2/h4-5,7-8,10-11,13-14,16-17,19-20,24-25,33H,3,6,9,12,15,18,21-23,26-29H2,1-2H3,(H,34,37)(H,35,36). The Morgan fingerprint density at radius 3 is 1.69 bits per heavy atom. The van der Waals surface area contributed by atoms with Crippen molar-refractivity contribution in [3.8, 4) is 0 Å². The number of rotatable bonds is 23. The minimum atomic E-state index is -0.564. The van der Waals surface area contributed by atoms with Gasteiger partial charge in [0.25, 0.3) is 0 Å². The van der Waals surface area contributed by atoms with Gasteiger partial charge in [-0.05, 0) is 57.9 Å². The number of methoxy groups -OCH3 is 1. The SMILES string of the molecule is CCC=CCC=CCC=CCC=CCC=CCC=CCCC(=O)NCCNCCCNC(=O)C=CC(=O)OC. The van der Waals surface area contributed by atoms with Gasteiger partial charge in [0.1, 0.15) is 0 Å². The molecule has 7 nitrogen and oxygen atoms in total. The van der Waals surface area contributed by atoms with E-state index in [0.717, 1.165) is 70.1 Å². The van der Waals surface area contributed by atoms with Crippen LogP contribution in [-0.4, -0.2) is 51.1 Å². The molecular weight excluding hydrogens is 490 g/mol. The molecule has 0 aromatic heterocycles. The number of esters is 1. The molecule has 0 aliphatic carbocycles. The van der Waals surface area contributed by atoms with Crippen LogP contribution in [0.5, 0.6) is 0 Å². The molecule has 3 N–H and O–H groups in total. The second-order valence-electron chi connectivity index (χ2n) is 8.55. The van der Waals surface area contributed by atoms with E-state index in [-0.39, 0.29) is 11.8 Å². The van der Waals surface area contributed by atoms with Gasteiger partial charge >= 0.3 is 5.97 Å². The molecule has 0 aromatic rings. The first-order valence-corrected chi connectivity index (χ1v) is 14.0. The van der Waals surface area contributed by atoms with Crippen molar-refractivity contribution in [1.82, 2.24) is 16.0 Å². The molecule has 0 atom stereocenters. The predicted molar refractivity (Wildman–Crippen MR) is 162 cm³/mol. The summed E-state index contributed by atoms with van der Waals surface area (Å²) in [4.78, 5) is 34.2. The van der Waals surface area contributed by atoms with Crippen molar-refractivity contribution in [2.75, 3.05) is 33.3 Å². The van der Waals surface area contributed by atoms with Crippen molar-refractivity contribution in [1.29, 1.82) is 0 Å². The Labute approximate surface area is 235 Å². The number of ether oxygens (including phenoxy) is 1. The van der Waals surface area contributed by atoms with E-state index in [1.54, 1.807) is 0 Å². The predicted octanol–water partition coefficient (Wildman–Crippen LogP) is 5.41. The van der Waals surface area contributed by atoms with E-state index in [0.29, 0.717) is 26.1 Å². The number of hydrogen-bond acceptors (Lipinski definition) is 5. The van der Waals surface area contributed by atoms with E-state index >= 15 is 0 Å². The smallest absolute Gasteiger partial charge is 0.330 e. The number of allylic oxidation sites excluding steroid dienone is 12. The lowest BCUT2D eigenvalue weighted by atomic mass is 10.2. The highest BCUT2D eigenvalue weighted by Gasteiger charge is 1.99. The number of nitrogens with one attached hydrogen (secondary N) is 3. The Morgan fingerprint density at radius 1 is 0.615 bits per heavy atom. The molecule has 0 saturated carbocycles. The molecule has 0 saturated heterocycles. The van der Waals surface area contributed by atoms with Crippen molar-refractivity contribution in [3.05, 3.63) is 85.1 Å². The van der Waals surface area contributed by atoms with E-state index < -0.39 is 5.97 Å². The lowest BCUT2D eigenvalue weighted by molar-refractivity contribution is -0.135. The zero-order valence-electron chi connectivity index (χ0n) is 23.9. The van der Waals surface area contributed by atoms with Crippen molar-refractivity contribution in [2.45, 2.75) is 64.7 Å². The third-order valence-electron chi connectivity index (χ3n) is 5.16. The first-order chi connectivity index (χ1) is 19.1. The van der Waals surface area contributed by atoms with E-state index in [1.165, 1.54) is 7.11 Å². The van der Waals surface area contributed by atoms with Crippen LogP contribution in [0.2, 0.25) is 0 Å². The molecule has 2 amide bonds. The fraction of sp³-hybridized carbons (Fsp3) is 0.469. The Hall–Kier alpha value is -3.45. The third kappa shape index (κ3) is 29.0. The fourth-order valence-corrected chi connectivity index (χ4v) is 3.05. The molecule has 0 rings (SSSR count). The monoisotopic (exact) mass is 539 g/mol. The van der Waals surface area contributed by atoms with Crippen LogP contribution in [0.4, 0.5) is 0 Å². The van der Waals surface area contributed by atoms with Gasteiger partial charge in [0, 0.05) is 38.2 Å². The maximum Gasteiger partial charge on any atom is 0.330 e. The molecule has 0 aliphatic rings. The Morgan fingerprint density at radius 2 is 1.15 bits per heavy atom. The molecule has 216 valence electrons. The van der Waals surface area contributed by atoms with Gasteiger partial charge in [-0.2, -0.15) is 0 Å². The summed E-state index contributed by atoms with van der Waals surface area (Å²) < 4.78 is 4.42. The normalized spacial score (nSPS) is 12.4. The van der Waals surface area contributed by atoms with Gasteiger partial charge in [-0.3, -0.25) is 9.59 Å². The van der Waals surface area contributed by atoms with Crippen molar-refractivity contribution < 1.29 is 19.1 Å². The van der Waals surface area contributed by atoms with Gasteiger partial charge in [-0.25, -0.2) is 4.79 Å². The maximum absolute atomic E-state index is 11.9. The van der Waals surface area contributed by atoms with Crippen LogP contribution >= 0.6 is 0 Å². The summed E-state index contributed by atoms with van der Waals surface area (Å²) in [6, 6.07) is 0. The van der Waals surface area contributed by atoms with E-state index in [9.17, 15) is 14.4 Å². The van der Waals surface area contributed by atoms with Gasteiger partial charge < -0.3 is 20.7 Å². The van der Waals surface area contributed by atoms with Gasteiger partial charge in [0.2, 0.25) is 11.8 Å². The second kappa shape index (κ2) is 29.1. The van der Waals surface area contributed by atoms with Crippen LogP contribution in [0.1, 0.15) is 64.7 Å². The first kappa shape index (κ1) is 35.5. The van der Waals surface area contributed by atoms with Crippen molar-refractivity contribution in [2.24, 2.45) is 0 Å². The van der Waals surface area contributed by atoms with E-state index in [2.05, 4.69) is 94.4 Å². The molecule has 0 unspecified atom stereocenters. The quantitative estimate of drug-likeness (QED) is 0.0699. The summed E-state index contributed by atoms with van der Waals surface area (Å²) in [7, 11) is 1.26. The van der Waals surface area contributed by atoms with Crippen LogP contribution in [0.25, 0.3) is 0 Å². The lowest BCUT2D eigenvalue weighted by Crippen LogP contribution is -2.33. The van der Waals surface area contributed by atoms with Gasteiger partial charge in [-0.1, -0.05) is 79.8 Å². The molecule has 0 heterocycles. The third-order valence-corrected chi connectivity index (χ3v) is 5.16. The zero-order valence-corrected chi connectivity index (χ0v) is 23.9. The molecule has 0 radical (unpaired) electrons. The summed E-state index contributed by atoms with van der Waals surface area (Å²) in [6.45, 7) is 4.59. The average Bonchev–Trinajstić information content (AvgIpc) is 2.94. The maximum atomic E-state index is 11.9. The highest BCUT2D eigenvalue weighted by molar-refractivity contribution is 5.94. The molecule has 0 fully saturated rings. The summed E-state index contributed by atoms with van der Waals surface area (Å²) in [5, 5.41) is 8.78. The summed E-state index contributed by atoms with van der Waals surface area (Å²) in [6.07, 6.45) is 36.1. The molecule has 0 aromatic carbocycles. The molecule has 7 heteroatoms. The fourth-order valence-electron chi connectivity index (χ4n) is 3.05. The number of hydrogen-bond donors (Lipinski definition) is 3. The minimum absolute atomic E-state index is 0.0426. The van der Waals surface area contributed by atoms with Crippen molar-refractivity contribution in [3.63, 3.8) is 0 Å². The Balaban J connectivity index is 3.57. The second-order valence-corrected chi connectivity index (χ2v) is 8.55. The van der Waals surface area contributed by atoms with Crippen LogP contribution in [0.3, 0.4) is 0 Å². The van der Waals surface area contributed by atoms with Crippen LogP contribution in [0.15, 0.2) is 85.1 Å². The van der Waals surface area contributed by atoms with Crippen LogP contribution in [0, 0.1) is 0 Å². The number of amides is 2. The lowest BCUT2D eigenvalue weighted by Gasteiger charge is -2.07. The summed E-state index contributed by atoms with van der Waals surface area (Å²) in [5.41, 5.74) is 0. The van der Waals surface area contributed by atoms with Gasteiger partial charge in [0.05, 0.1) is 7.11 Å². The molecule has 0 bridgehead atoms. The number of carbonyl (C=O) groups is 3. The van der Waals surface area contributed by atoms with Crippen LogP contribution < -0.4 is 16.0 Å². The molecular formula is C32H49N3O4. The minimum Gasteiger partial charge on any atom is -0.466 e. The zero-order chi connectivity index (χ0) is 28.7. The van der Waals surface area contributed by atoms with Crippen LogP contribution in [-0.2, 0) is 19.1 Å². The van der Waals surface area contributed by atoms with Gasteiger partial charge in [-0.15, -0.1) is 0 Å². The van der Waals surface area contributed by atoms with Gasteiger partial charge in [0.15, 0.2) is 0 Å². The highest BCUT2D eigenvalue weighted by atomic mass is 16.5. The average molecular weight is 540 g/mol. The summed E-state index contributed by atoms with van der Waals surface area (Å²) >= 11 is 0. The first-order valence-electron chi connectivity index (χ1n) is 14.0. The Bertz CT molecular complexity index is 851. The Kier molecular flexibility index (Phi) is 26.5. The number of carbonyl (C=O) groups excluding carboxylic acids is 3. The largest absolute Gasteiger partial charge is 0.466 e.